The molecule has 0 aliphatic carbocycles. The van der Waals surface area contributed by atoms with E-state index in [2.05, 4.69) is 32.6 Å². The molecule has 0 saturated heterocycles. The van der Waals surface area contributed by atoms with E-state index in [1.54, 1.807) is 6.08 Å². The SMILES string of the molecule is C=CC.CCOC(=O)Cc1cccc(CC(C)C)c1. The van der Waals surface area contributed by atoms with E-state index in [1.165, 1.54) is 5.56 Å². The van der Waals surface area contributed by atoms with Crippen molar-refractivity contribution in [3.63, 3.8) is 0 Å². The molecule has 2 heteroatoms. The first-order valence-corrected chi connectivity index (χ1v) is 6.83. The van der Waals surface area contributed by atoms with Gasteiger partial charge >= 0.3 is 5.97 Å². The molecule has 1 rings (SSSR count). The van der Waals surface area contributed by atoms with Crippen molar-refractivity contribution in [2.75, 3.05) is 6.61 Å². The topological polar surface area (TPSA) is 26.3 Å². The molecule has 0 fully saturated rings. The Kier molecular flexibility index (Phi) is 9.51. The van der Waals surface area contributed by atoms with Crippen molar-refractivity contribution < 1.29 is 9.53 Å². The first-order chi connectivity index (χ1) is 9.03. The predicted molar refractivity (Wildman–Crippen MR) is 81.2 cm³/mol. The summed E-state index contributed by atoms with van der Waals surface area (Å²) >= 11 is 0. The molecule has 0 bridgehead atoms. The highest BCUT2D eigenvalue weighted by Crippen LogP contribution is 2.11. The second-order valence-electron chi connectivity index (χ2n) is 4.81. The minimum atomic E-state index is -0.149. The van der Waals surface area contributed by atoms with Gasteiger partial charge in [-0.1, -0.05) is 44.2 Å². The summed E-state index contributed by atoms with van der Waals surface area (Å²) in [5.41, 5.74) is 2.33. The minimum Gasteiger partial charge on any atom is -0.466 e. The Bertz CT molecular complexity index is 381. The Morgan fingerprint density at radius 2 is 1.95 bits per heavy atom. The monoisotopic (exact) mass is 262 g/mol. The summed E-state index contributed by atoms with van der Waals surface area (Å²) in [7, 11) is 0. The number of carbonyl (C=O) groups is 1. The molecule has 1 aromatic carbocycles. The lowest BCUT2D eigenvalue weighted by Gasteiger charge is -2.07. The lowest BCUT2D eigenvalue weighted by molar-refractivity contribution is -0.142. The van der Waals surface area contributed by atoms with Gasteiger partial charge in [0.2, 0.25) is 0 Å². The highest BCUT2D eigenvalue weighted by molar-refractivity contribution is 5.72. The van der Waals surface area contributed by atoms with Gasteiger partial charge in [0.15, 0.2) is 0 Å². The molecule has 0 saturated carbocycles. The van der Waals surface area contributed by atoms with Crippen molar-refractivity contribution in [1.29, 1.82) is 0 Å². The predicted octanol–water partition coefficient (Wildman–Crippen LogP) is 4.18. The van der Waals surface area contributed by atoms with Crippen LogP contribution in [0, 0.1) is 5.92 Å². The normalized spacial score (nSPS) is 9.53. The van der Waals surface area contributed by atoms with E-state index < -0.39 is 0 Å². The van der Waals surface area contributed by atoms with Gasteiger partial charge in [0.1, 0.15) is 0 Å². The van der Waals surface area contributed by atoms with Gasteiger partial charge in [0, 0.05) is 0 Å². The van der Waals surface area contributed by atoms with Gasteiger partial charge < -0.3 is 4.74 Å². The maximum atomic E-state index is 11.3. The number of ether oxygens (including phenoxy) is 1. The summed E-state index contributed by atoms with van der Waals surface area (Å²) < 4.78 is 4.93. The van der Waals surface area contributed by atoms with E-state index in [4.69, 9.17) is 4.74 Å². The zero-order valence-electron chi connectivity index (χ0n) is 12.6. The fourth-order valence-corrected chi connectivity index (χ4v) is 1.72. The Labute approximate surface area is 117 Å². The van der Waals surface area contributed by atoms with Crippen molar-refractivity contribution in [2.24, 2.45) is 5.92 Å². The van der Waals surface area contributed by atoms with E-state index in [1.807, 2.05) is 26.0 Å². The van der Waals surface area contributed by atoms with Crippen molar-refractivity contribution in [3.8, 4) is 0 Å². The number of esters is 1. The maximum absolute atomic E-state index is 11.3. The molecular weight excluding hydrogens is 236 g/mol. The third kappa shape index (κ3) is 9.06. The summed E-state index contributed by atoms with van der Waals surface area (Å²) in [5.74, 6) is 0.488. The van der Waals surface area contributed by atoms with Crippen molar-refractivity contribution in [1.82, 2.24) is 0 Å². The number of rotatable bonds is 5. The van der Waals surface area contributed by atoms with Gasteiger partial charge in [0.25, 0.3) is 0 Å². The number of hydrogen-bond acceptors (Lipinski definition) is 2. The number of hydrogen-bond donors (Lipinski definition) is 0. The molecule has 0 atom stereocenters. The van der Waals surface area contributed by atoms with Gasteiger partial charge in [-0.2, -0.15) is 0 Å². The molecular formula is C17H26O2. The van der Waals surface area contributed by atoms with E-state index >= 15 is 0 Å². The second-order valence-corrected chi connectivity index (χ2v) is 4.81. The van der Waals surface area contributed by atoms with Gasteiger partial charge in [-0.3, -0.25) is 4.79 Å². The van der Waals surface area contributed by atoms with Crippen LogP contribution < -0.4 is 0 Å². The van der Waals surface area contributed by atoms with Crippen LogP contribution in [0.5, 0.6) is 0 Å². The first kappa shape index (κ1) is 17.4. The molecule has 0 radical (unpaired) electrons. The molecule has 0 spiro atoms. The molecule has 0 aromatic heterocycles. The van der Waals surface area contributed by atoms with Crippen LogP contribution in [-0.4, -0.2) is 12.6 Å². The van der Waals surface area contributed by atoms with E-state index in [-0.39, 0.29) is 5.97 Å². The molecule has 0 N–H and O–H groups in total. The molecule has 19 heavy (non-hydrogen) atoms. The Morgan fingerprint density at radius 1 is 1.37 bits per heavy atom. The molecule has 0 amide bonds. The number of carbonyl (C=O) groups excluding carboxylic acids is 1. The third-order valence-corrected chi connectivity index (χ3v) is 2.29. The summed E-state index contributed by atoms with van der Waals surface area (Å²) in [6, 6.07) is 8.18. The molecule has 0 aliphatic heterocycles. The Hall–Kier alpha value is -1.57. The summed E-state index contributed by atoms with van der Waals surface area (Å²) in [4.78, 5) is 11.3. The van der Waals surface area contributed by atoms with Crippen LogP contribution in [0.25, 0.3) is 0 Å². The average molecular weight is 262 g/mol. The zero-order chi connectivity index (χ0) is 14.7. The van der Waals surface area contributed by atoms with Gasteiger partial charge in [-0.25, -0.2) is 0 Å². The fraction of sp³-hybridized carbons (Fsp3) is 0.471. The van der Waals surface area contributed by atoms with Crippen LogP contribution in [0.3, 0.4) is 0 Å². The molecule has 1 aromatic rings. The zero-order valence-corrected chi connectivity index (χ0v) is 12.6. The summed E-state index contributed by atoms with van der Waals surface area (Å²) in [6.45, 7) is 11.9. The molecule has 0 heterocycles. The highest BCUT2D eigenvalue weighted by atomic mass is 16.5. The summed E-state index contributed by atoms with van der Waals surface area (Å²) in [6.07, 6.45) is 3.18. The molecule has 2 nitrogen and oxygen atoms in total. The van der Waals surface area contributed by atoms with Crippen molar-refractivity contribution in [2.45, 2.75) is 40.5 Å². The maximum Gasteiger partial charge on any atom is 0.310 e. The standard InChI is InChI=1S/C14H20O2.C3H6/c1-4-16-14(15)10-13-7-5-6-12(9-13)8-11(2)3;1-3-2/h5-7,9,11H,4,8,10H2,1-3H3;3H,1H2,2H3. The van der Waals surface area contributed by atoms with Crippen LogP contribution >= 0.6 is 0 Å². The number of benzene rings is 1. The van der Waals surface area contributed by atoms with Crippen molar-refractivity contribution >= 4 is 5.97 Å². The van der Waals surface area contributed by atoms with Crippen molar-refractivity contribution in [3.05, 3.63) is 48.0 Å². The van der Waals surface area contributed by atoms with Crippen LogP contribution in [0.15, 0.2) is 36.9 Å². The third-order valence-electron chi connectivity index (χ3n) is 2.29. The van der Waals surface area contributed by atoms with Crippen LogP contribution in [0.4, 0.5) is 0 Å². The lowest BCUT2D eigenvalue weighted by Crippen LogP contribution is -2.07. The largest absolute Gasteiger partial charge is 0.466 e. The first-order valence-electron chi connectivity index (χ1n) is 6.83. The van der Waals surface area contributed by atoms with Gasteiger partial charge in [0.05, 0.1) is 13.0 Å². The molecule has 106 valence electrons. The van der Waals surface area contributed by atoms with Crippen LogP contribution in [-0.2, 0) is 22.4 Å². The fourth-order valence-electron chi connectivity index (χ4n) is 1.72. The highest BCUT2D eigenvalue weighted by Gasteiger charge is 2.05. The van der Waals surface area contributed by atoms with E-state index in [0.717, 1.165) is 12.0 Å². The molecule has 0 unspecified atom stereocenters. The Balaban J connectivity index is 0.000000982. The minimum absolute atomic E-state index is 0.149. The van der Waals surface area contributed by atoms with Crippen LogP contribution in [0.1, 0.15) is 38.8 Å². The quantitative estimate of drug-likeness (QED) is 0.587. The van der Waals surface area contributed by atoms with Gasteiger partial charge in [-0.15, -0.1) is 6.58 Å². The Morgan fingerprint density at radius 3 is 2.47 bits per heavy atom. The van der Waals surface area contributed by atoms with Gasteiger partial charge in [-0.05, 0) is 37.3 Å². The van der Waals surface area contributed by atoms with E-state index in [9.17, 15) is 4.79 Å². The molecule has 0 aliphatic rings. The number of allylic oxidation sites excluding steroid dienone is 1. The lowest BCUT2D eigenvalue weighted by atomic mass is 10.0. The second kappa shape index (κ2) is 10.4. The average Bonchev–Trinajstić information content (AvgIpc) is 2.29. The van der Waals surface area contributed by atoms with E-state index in [0.29, 0.717) is 18.9 Å². The summed E-state index contributed by atoms with van der Waals surface area (Å²) in [5, 5.41) is 0. The van der Waals surface area contributed by atoms with Crippen LogP contribution in [0.2, 0.25) is 0 Å². The smallest absolute Gasteiger partial charge is 0.310 e.